The zero-order chi connectivity index (χ0) is 20.5. The van der Waals surface area contributed by atoms with Crippen molar-refractivity contribution in [3.05, 3.63) is 114 Å². The normalized spacial score (nSPS) is 11.6. The molecule has 5 heteroatoms. The van der Waals surface area contributed by atoms with Crippen LogP contribution in [0.5, 0.6) is 0 Å². The number of benzene rings is 3. The number of hydrogen-bond acceptors (Lipinski definition) is 3. The minimum atomic E-state index is -3.74. The van der Waals surface area contributed by atoms with Gasteiger partial charge in [-0.3, -0.25) is 0 Å². The van der Waals surface area contributed by atoms with Gasteiger partial charge >= 0.3 is 0 Å². The molecule has 29 heavy (non-hydrogen) atoms. The summed E-state index contributed by atoms with van der Waals surface area (Å²) in [4.78, 5) is 2.50. The van der Waals surface area contributed by atoms with Crippen molar-refractivity contribution in [1.82, 2.24) is 4.83 Å². The van der Waals surface area contributed by atoms with Crippen LogP contribution < -0.4 is 4.83 Å². The van der Waals surface area contributed by atoms with Crippen molar-refractivity contribution in [3.63, 3.8) is 0 Å². The molecule has 0 fully saturated rings. The van der Waals surface area contributed by atoms with Crippen LogP contribution in [0, 0.1) is 6.92 Å². The Kier molecular flexibility index (Phi) is 6.76. The molecule has 146 valence electrons. The second-order valence-corrected chi connectivity index (χ2v) is 8.09. The fraction of sp³-hybridized carbons (Fsp3) is 0.0417. The molecule has 0 radical (unpaired) electrons. The van der Waals surface area contributed by atoms with Crippen LogP contribution in [-0.2, 0) is 10.0 Å². The summed E-state index contributed by atoms with van der Waals surface area (Å²) in [6, 6.07) is 26.1. The van der Waals surface area contributed by atoms with E-state index in [9.17, 15) is 8.42 Å². The van der Waals surface area contributed by atoms with Crippen molar-refractivity contribution in [3.8, 4) is 0 Å². The molecule has 3 rings (SSSR count). The predicted octanol–water partition coefficient (Wildman–Crippen LogP) is 5.06. The molecule has 0 aliphatic rings. The molecule has 0 saturated carbocycles. The number of nitrogens with zero attached hydrogens (tertiary/aromatic N) is 1. The number of allylic oxidation sites excluding steroid dienone is 2. The van der Waals surface area contributed by atoms with E-state index in [2.05, 4.69) is 9.93 Å². The lowest BCUT2D eigenvalue weighted by molar-refractivity contribution is 0.584. The summed E-state index contributed by atoms with van der Waals surface area (Å²) in [5.74, 6) is 0. The smallest absolute Gasteiger partial charge is 0.200 e. The van der Waals surface area contributed by atoms with E-state index in [1.807, 2.05) is 79.7 Å². The van der Waals surface area contributed by atoms with Crippen LogP contribution in [-0.4, -0.2) is 14.1 Å². The van der Waals surface area contributed by atoms with E-state index in [1.165, 1.54) is 0 Å². The molecule has 0 aliphatic heterocycles. The summed E-state index contributed by atoms with van der Waals surface area (Å²) >= 11 is 0. The second-order valence-electron chi connectivity index (χ2n) is 6.43. The molecule has 0 saturated heterocycles. The Hall–Kier alpha value is -3.44. The van der Waals surface area contributed by atoms with Gasteiger partial charge in [0.1, 0.15) is 0 Å². The van der Waals surface area contributed by atoms with Gasteiger partial charge in [0, 0.05) is 0 Å². The van der Waals surface area contributed by atoms with Gasteiger partial charge < -0.3 is 0 Å². The third-order valence-electron chi connectivity index (χ3n) is 4.12. The first-order chi connectivity index (χ1) is 14.0. The third-order valence-corrected chi connectivity index (χ3v) is 5.34. The molecular weight excluding hydrogens is 380 g/mol. The molecule has 0 aliphatic carbocycles. The number of rotatable bonds is 7. The van der Waals surface area contributed by atoms with Gasteiger partial charge in [0.15, 0.2) is 0 Å². The van der Waals surface area contributed by atoms with Crippen molar-refractivity contribution in [2.45, 2.75) is 11.8 Å². The largest absolute Gasteiger partial charge is 0.276 e. The minimum absolute atomic E-state index is 0.172. The Balaban J connectivity index is 1.85. The minimum Gasteiger partial charge on any atom is -0.200 e. The number of hydrogen-bond donors (Lipinski definition) is 1. The van der Waals surface area contributed by atoms with Gasteiger partial charge in [-0.1, -0.05) is 90.5 Å². The summed E-state index contributed by atoms with van der Waals surface area (Å²) in [5, 5.41) is 4.13. The van der Waals surface area contributed by atoms with E-state index in [-0.39, 0.29) is 4.90 Å². The van der Waals surface area contributed by atoms with E-state index in [4.69, 9.17) is 0 Å². The first-order valence-corrected chi connectivity index (χ1v) is 10.6. The van der Waals surface area contributed by atoms with Crippen molar-refractivity contribution in [2.24, 2.45) is 5.10 Å². The molecule has 3 aromatic carbocycles. The first kappa shape index (κ1) is 20.3. The lowest BCUT2D eigenvalue weighted by Gasteiger charge is -2.04. The molecule has 0 atom stereocenters. The molecule has 1 N–H and O–H groups in total. The Bertz CT molecular complexity index is 1070. The van der Waals surface area contributed by atoms with Crippen LogP contribution in [0.25, 0.3) is 12.2 Å². The van der Waals surface area contributed by atoms with E-state index in [1.54, 1.807) is 36.4 Å². The fourth-order valence-electron chi connectivity index (χ4n) is 2.50. The van der Waals surface area contributed by atoms with Crippen LogP contribution in [0.15, 0.2) is 107 Å². The molecule has 0 unspecified atom stereocenters. The molecule has 0 spiro atoms. The molecule has 4 nitrogen and oxygen atoms in total. The zero-order valence-corrected chi connectivity index (χ0v) is 16.9. The highest BCUT2D eigenvalue weighted by Crippen LogP contribution is 2.10. The lowest BCUT2D eigenvalue weighted by Crippen LogP contribution is -2.19. The van der Waals surface area contributed by atoms with Gasteiger partial charge in [0.25, 0.3) is 10.0 Å². The Morgan fingerprint density at radius 3 is 1.72 bits per heavy atom. The van der Waals surface area contributed by atoms with Crippen LogP contribution in [0.3, 0.4) is 0 Å². The standard InChI is InChI=1S/C24H22N2O2S/c1-20-12-18-24(19-13-20)29(27,28)26-25-23(16-14-21-8-4-2-5-9-21)17-15-22-10-6-3-7-11-22/h2-19,26H,1H3/b16-14+,17-15+. The molecule has 0 bridgehead atoms. The summed E-state index contributed by atoms with van der Waals surface area (Å²) in [5.41, 5.74) is 3.46. The topological polar surface area (TPSA) is 58.5 Å². The molecule has 0 amide bonds. The van der Waals surface area contributed by atoms with Crippen LogP contribution in [0.2, 0.25) is 0 Å². The highest BCUT2D eigenvalue weighted by Gasteiger charge is 2.12. The first-order valence-electron chi connectivity index (χ1n) is 9.15. The summed E-state index contributed by atoms with van der Waals surface area (Å²) in [7, 11) is -3.74. The number of aryl methyl sites for hydroxylation is 1. The second kappa shape index (κ2) is 9.66. The molecular formula is C24H22N2O2S. The van der Waals surface area contributed by atoms with E-state index in [0.29, 0.717) is 5.71 Å². The third kappa shape index (κ3) is 6.30. The molecule has 0 heterocycles. The maximum Gasteiger partial charge on any atom is 0.276 e. The van der Waals surface area contributed by atoms with Crippen LogP contribution in [0.4, 0.5) is 0 Å². The summed E-state index contributed by atoms with van der Waals surface area (Å²) in [6.07, 6.45) is 7.31. The average molecular weight is 403 g/mol. The van der Waals surface area contributed by atoms with Gasteiger partial charge in [-0.15, -0.1) is 0 Å². The van der Waals surface area contributed by atoms with Gasteiger partial charge in [0.05, 0.1) is 10.6 Å². The summed E-state index contributed by atoms with van der Waals surface area (Å²) in [6.45, 7) is 1.91. The highest BCUT2D eigenvalue weighted by molar-refractivity contribution is 7.89. The van der Waals surface area contributed by atoms with Crippen molar-refractivity contribution in [1.29, 1.82) is 0 Å². The van der Waals surface area contributed by atoms with Crippen LogP contribution in [0.1, 0.15) is 16.7 Å². The quantitative estimate of drug-likeness (QED) is 0.444. The fourth-order valence-corrected chi connectivity index (χ4v) is 3.33. The van der Waals surface area contributed by atoms with Crippen molar-refractivity contribution < 1.29 is 8.42 Å². The van der Waals surface area contributed by atoms with Gasteiger partial charge in [-0.05, 0) is 42.3 Å². The summed E-state index contributed by atoms with van der Waals surface area (Å²) < 4.78 is 25.1. The average Bonchev–Trinajstić information content (AvgIpc) is 2.75. The number of nitrogens with one attached hydrogen (secondary N) is 1. The maximum atomic E-state index is 12.5. The van der Waals surface area contributed by atoms with E-state index >= 15 is 0 Å². The zero-order valence-electron chi connectivity index (χ0n) is 16.1. The van der Waals surface area contributed by atoms with E-state index in [0.717, 1.165) is 16.7 Å². The maximum absolute atomic E-state index is 12.5. The van der Waals surface area contributed by atoms with Crippen molar-refractivity contribution in [2.75, 3.05) is 0 Å². The number of hydrazone groups is 1. The van der Waals surface area contributed by atoms with E-state index < -0.39 is 10.0 Å². The van der Waals surface area contributed by atoms with Crippen molar-refractivity contribution >= 4 is 27.9 Å². The van der Waals surface area contributed by atoms with Crippen LogP contribution >= 0.6 is 0 Å². The lowest BCUT2D eigenvalue weighted by atomic mass is 10.1. The van der Waals surface area contributed by atoms with Gasteiger partial charge in [-0.25, -0.2) is 0 Å². The Morgan fingerprint density at radius 2 is 1.24 bits per heavy atom. The predicted molar refractivity (Wildman–Crippen MR) is 120 cm³/mol. The van der Waals surface area contributed by atoms with Gasteiger partial charge in [0.2, 0.25) is 0 Å². The SMILES string of the molecule is Cc1ccc(S(=O)(=O)NN=C(/C=C/c2ccccc2)/C=C/c2ccccc2)cc1. The molecule has 0 aromatic heterocycles. The Morgan fingerprint density at radius 1 is 0.759 bits per heavy atom. The monoisotopic (exact) mass is 402 g/mol. The van der Waals surface area contributed by atoms with Gasteiger partial charge in [-0.2, -0.15) is 18.4 Å². The molecule has 3 aromatic rings. The highest BCUT2D eigenvalue weighted by atomic mass is 32.2. The Labute approximate surface area is 172 Å². The number of sulfonamides is 1.